The van der Waals surface area contributed by atoms with Crippen molar-refractivity contribution in [3.05, 3.63) is 39.4 Å². The molecule has 0 radical (unpaired) electrons. The summed E-state index contributed by atoms with van der Waals surface area (Å²) in [6.45, 7) is 7.22. The van der Waals surface area contributed by atoms with E-state index in [0.717, 1.165) is 12.8 Å². The monoisotopic (exact) mass is 393 g/mol. The number of aromatic nitrogens is 2. The summed E-state index contributed by atoms with van der Waals surface area (Å²) in [5.41, 5.74) is 0.447. The summed E-state index contributed by atoms with van der Waals surface area (Å²) in [6, 6.07) is 4.77. The van der Waals surface area contributed by atoms with E-state index in [9.17, 15) is 9.59 Å². The molecular formula is C20H28ClN3O3. The minimum absolute atomic E-state index is 0.0505. The maximum atomic E-state index is 13.0. The number of nitrogens with zero attached hydrogens (tertiary/aromatic N) is 3. The predicted octanol–water partition coefficient (Wildman–Crippen LogP) is 3.80. The molecule has 6 nitrogen and oxygen atoms in total. The minimum Gasteiger partial charge on any atom is -0.383 e. The molecule has 0 aliphatic carbocycles. The van der Waals surface area contributed by atoms with Crippen LogP contribution in [0.15, 0.2) is 23.0 Å². The topological polar surface area (TPSA) is 64.4 Å². The van der Waals surface area contributed by atoms with E-state index in [0.29, 0.717) is 47.9 Å². The van der Waals surface area contributed by atoms with Crippen LogP contribution in [0.4, 0.5) is 0 Å². The van der Waals surface area contributed by atoms with Gasteiger partial charge in [-0.25, -0.2) is 4.98 Å². The summed E-state index contributed by atoms with van der Waals surface area (Å²) < 4.78 is 6.80. The van der Waals surface area contributed by atoms with Gasteiger partial charge in [-0.05, 0) is 38.5 Å². The highest BCUT2D eigenvalue weighted by molar-refractivity contribution is 6.31. The molecule has 7 heteroatoms. The summed E-state index contributed by atoms with van der Waals surface area (Å²) in [5.74, 6) is 0.632. The second-order valence-corrected chi connectivity index (χ2v) is 6.98. The lowest BCUT2D eigenvalue weighted by Crippen LogP contribution is -2.39. The van der Waals surface area contributed by atoms with Gasteiger partial charge in [0.05, 0.1) is 23.6 Å². The largest absolute Gasteiger partial charge is 0.383 e. The molecule has 1 unspecified atom stereocenters. The average molecular weight is 394 g/mol. The zero-order valence-electron chi connectivity index (χ0n) is 16.5. The minimum atomic E-state index is -0.336. The van der Waals surface area contributed by atoms with Crippen LogP contribution >= 0.6 is 11.6 Å². The van der Waals surface area contributed by atoms with Crippen molar-refractivity contribution in [3.63, 3.8) is 0 Å². The van der Waals surface area contributed by atoms with Crippen LogP contribution in [0.25, 0.3) is 10.9 Å². The van der Waals surface area contributed by atoms with Gasteiger partial charge in [-0.15, -0.1) is 0 Å². The molecule has 0 aliphatic heterocycles. The van der Waals surface area contributed by atoms with E-state index < -0.39 is 0 Å². The molecule has 2 rings (SSSR count). The first-order chi connectivity index (χ1) is 12.9. The summed E-state index contributed by atoms with van der Waals surface area (Å²) >= 11 is 6.04. The lowest BCUT2D eigenvalue weighted by atomic mass is 10.1. The fourth-order valence-corrected chi connectivity index (χ4v) is 3.34. The number of hydrogen-bond donors (Lipinski definition) is 0. The van der Waals surface area contributed by atoms with Crippen LogP contribution in [0.2, 0.25) is 5.02 Å². The summed E-state index contributed by atoms with van der Waals surface area (Å²) in [7, 11) is 1.61. The summed E-state index contributed by atoms with van der Waals surface area (Å²) in [6.07, 6.45) is 2.26. The van der Waals surface area contributed by atoms with Gasteiger partial charge < -0.3 is 9.64 Å². The maximum absolute atomic E-state index is 13.0. The second-order valence-electron chi connectivity index (χ2n) is 6.54. The van der Waals surface area contributed by atoms with Gasteiger partial charge in [0.1, 0.15) is 5.82 Å². The molecule has 0 N–H and O–H groups in total. The van der Waals surface area contributed by atoms with Crippen molar-refractivity contribution in [2.24, 2.45) is 0 Å². The molecule has 0 saturated heterocycles. The van der Waals surface area contributed by atoms with Crippen molar-refractivity contribution in [1.29, 1.82) is 0 Å². The summed E-state index contributed by atoms with van der Waals surface area (Å²) in [4.78, 5) is 32.2. The Bertz CT molecular complexity index is 850. The van der Waals surface area contributed by atoms with Gasteiger partial charge in [-0.2, -0.15) is 0 Å². The third-order valence-corrected chi connectivity index (χ3v) is 4.94. The number of carbonyl (C=O) groups is 1. The Morgan fingerprint density at radius 2 is 2.11 bits per heavy atom. The molecule has 148 valence electrons. The lowest BCUT2D eigenvalue weighted by molar-refractivity contribution is -0.134. The van der Waals surface area contributed by atoms with E-state index >= 15 is 0 Å². The van der Waals surface area contributed by atoms with Crippen molar-refractivity contribution < 1.29 is 9.53 Å². The molecule has 1 amide bonds. The van der Waals surface area contributed by atoms with E-state index in [4.69, 9.17) is 21.3 Å². The van der Waals surface area contributed by atoms with Gasteiger partial charge in [-0.1, -0.05) is 24.9 Å². The van der Waals surface area contributed by atoms with Gasteiger partial charge in [0.15, 0.2) is 0 Å². The predicted molar refractivity (Wildman–Crippen MR) is 108 cm³/mol. The Hall–Kier alpha value is -1.92. The molecular weight excluding hydrogens is 366 g/mol. The number of halogens is 1. The van der Waals surface area contributed by atoms with E-state index in [2.05, 4.69) is 6.92 Å². The van der Waals surface area contributed by atoms with Crippen LogP contribution < -0.4 is 5.56 Å². The highest BCUT2D eigenvalue weighted by atomic mass is 35.5. The first-order valence-corrected chi connectivity index (χ1v) is 9.80. The van der Waals surface area contributed by atoms with Crippen LogP contribution in [-0.4, -0.2) is 40.6 Å². The van der Waals surface area contributed by atoms with Crippen molar-refractivity contribution in [1.82, 2.24) is 14.5 Å². The molecule has 1 atom stereocenters. The van der Waals surface area contributed by atoms with Crippen molar-refractivity contribution in [2.45, 2.75) is 52.6 Å². The number of unbranched alkanes of at least 4 members (excludes halogenated alkanes) is 1. The van der Waals surface area contributed by atoms with Gasteiger partial charge in [0, 0.05) is 31.6 Å². The first kappa shape index (κ1) is 21.4. The van der Waals surface area contributed by atoms with Gasteiger partial charge in [-0.3, -0.25) is 14.2 Å². The number of carbonyl (C=O) groups excluding carboxylic acids is 1. The normalized spacial score (nSPS) is 12.3. The highest BCUT2D eigenvalue weighted by Crippen LogP contribution is 2.22. The fourth-order valence-electron chi connectivity index (χ4n) is 3.17. The smallest absolute Gasteiger partial charge is 0.261 e. The molecule has 0 bridgehead atoms. The van der Waals surface area contributed by atoms with Crippen LogP contribution in [0.5, 0.6) is 0 Å². The maximum Gasteiger partial charge on any atom is 0.261 e. The Morgan fingerprint density at radius 1 is 1.37 bits per heavy atom. The third kappa shape index (κ3) is 4.87. The van der Waals surface area contributed by atoms with Crippen LogP contribution in [0.3, 0.4) is 0 Å². The van der Waals surface area contributed by atoms with E-state index in [1.807, 2.05) is 13.8 Å². The zero-order chi connectivity index (χ0) is 20.0. The number of rotatable bonds is 9. The van der Waals surface area contributed by atoms with Gasteiger partial charge in [0.25, 0.3) is 5.56 Å². The van der Waals surface area contributed by atoms with E-state index in [1.54, 1.807) is 34.8 Å². The fraction of sp³-hybridized carbons (Fsp3) is 0.550. The number of hydrogen-bond acceptors (Lipinski definition) is 4. The Morgan fingerprint density at radius 3 is 2.74 bits per heavy atom. The summed E-state index contributed by atoms with van der Waals surface area (Å²) in [5, 5.41) is 0.988. The lowest BCUT2D eigenvalue weighted by Gasteiger charge is -2.30. The molecule has 0 saturated carbocycles. The number of methoxy groups -OCH3 is 1. The number of fused-ring (bicyclic) bond motifs is 1. The molecule has 0 fully saturated rings. The SMILES string of the molecule is CCCCC(=O)N(CCOC)C(C)c1nc2ccc(Cl)cc2c(=O)n1CC. The zero-order valence-corrected chi connectivity index (χ0v) is 17.3. The number of ether oxygens (including phenoxy) is 1. The van der Waals surface area contributed by atoms with Gasteiger partial charge in [0.2, 0.25) is 5.91 Å². The molecule has 0 aliphatic rings. The third-order valence-electron chi connectivity index (χ3n) is 4.70. The van der Waals surface area contributed by atoms with Crippen LogP contribution in [0, 0.1) is 0 Å². The molecule has 1 aromatic heterocycles. The van der Waals surface area contributed by atoms with Crippen molar-refractivity contribution >= 4 is 28.4 Å². The number of benzene rings is 1. The Kier molecular flexibility index (Phi) is 7.80. The highest BCUT2D eigenvalue weighted by Gasteiger charge is 2.25. The van der Waals surface area contributed by atoms with E-state index in [-0.39, 0.29) is 17.5 Å². The Labute approximate surface area is 165 Å². The quantitative estimate of drug-likeness (QED) is 0.650. The average Bonchev–Trinajstić information content (AvgIpc) is 2.66. The second kappa shape index (κ2) is 9.85. The molecule has 27 heavy (non-hydrogen) atoms. The Balaban J connectivity index is 2.51. The van der Waals surface area contributed by atoms with Crippen molar-refractivity contribution in [2.75, 3.05) is 20.3 Å². The molecule has 2 aromatic rings. The molecule has 1 aromatic carbocycles. The van der Waals surface area contributed by atoms with Crippen LogP contribution in [-0.2, 0) is 16.1 Å². The van der Waals surface area contributed by atoms with Crippen LogP contribution in [0.1, 0.15) is 51.9 Å². The standard InChI is InChI=1S/C20H28ClN3O3/c1-5-7-8-18(25)24(11-12-27-4)14(3)19-22-17-10-9-15(21)13-16(17)20(26)23(19)6-2/h9-10,13-14H,5-8,11-12H2,1-4H3. The molecule has 1 heterocycles. The number of amides is 1. The molecule has 0 spiro atoms. The first-order valence-electron chi connectivity index (χ1n) is 9.42. The van der Waals surface area contributed by atoms with Crippen molar-refractivity contribution in [3.8, 4) is 0 Å². The van der Waals surface area contributed by atoms with Gasteiger partial charge >= 0.3 is 0 Å². The van der Waals surface area contributed by atoms with E-state index in [1.165, 1.54) is 0 Å².